The maximum atomic E-state index is 11.3. The maximum Gasteiger partial charge on any atom is 0.340 e. The van der Waals surface area contributed by atoms with Crippen LogP contribution in [-0.4, -0.2) is 32.3 Å². The fraction of sp³-hybridized carbons (Fsp3) is 0.143. The van der Waals surface area contributed by atoms with Crippen LogP contribution in [0.3, 0.4) is 0 Å². The molecule has 1 aromatic rings. The van der Waals surface area contributed by atoms with Gasteiger partial charge in [-0.05, 0) is 18.2 Å². The van der Waals surface area contributed by atoms with Gasteiger partial charge >= 0.3 is 11.9 Å². The molecule has 2 aliphatic rings. The predicted molar refractivity (Wildman–Crippen MR) is 73.4 cm³/mol. The van der Waals surface area contributed by atoms with Crippen LogP contribution in [0.4, 0.5) is 0 Å². The van der Waals surface area contributed by atoms with Gasteiger partial charge in [0.25, 0.3) is 0 Å². The molecule has 1 aromatic carbocycles. The molecule has 0 bridgehead atoms. The van der Waals surface area contributed by atoms with E-state index in [0.717, 1.165) is 0 Å². The molecule has 1 fully saturated rings. The number of allylic oxidation sites excluding steroid dienone is 2. The Kier molecular flexibility index (Phi) is 2.83. The molecule has 0 amide bonds. The van der Waals surface area contributed by atoms with Crippen LogP contribution in [0, 0.1) is 0 Å². The van der Waals surface area contributed by atoms with Crippen molar-refractivity contribution in [3.8, 4) is 5.75 Å². The van der Waals surface area contributed by atoms with Crippen molar-refractivity contribution in [3.05, 3.63) is 53.6 Å². The summed E-state index contributed by atoms with van der Waals surface area (Å²) in [5, 5.41) is 18.5. The van der Waals surface area contributed by atoms with Gasteiger partial charge in [0.1, 0.15) is 11.3 Å². The third-order valence-corrected chi connectivity index (χ3v) is 4.47. The van der Waals surface area contributed by atoms with Crippen LogP contribution < -0.4 is 4.74 Å². The van der Waals surface area contributed by atoms with E-state index in [0.29, 0.717) is 0 Å². The number of carboxylic acid groups (broad SMARTS) is 2. The van der Waals surface area contributed by atoms with Gasteiger partial charge in [-0.2, -0.15) is 0 Å². The SMILES string of the molecule is O=C(O)c1cccc(OC23C=CC=CC2S3)c1C(=O)O. The summed E-state index contributed by atoms with van der Waals surface area (Å²) >= 11 is 1.54. The Bertz CT molecular complexity index is 664. The largest absolute Gasteiger partial charge is 0.478 e. The molecule has 0 spiro atoms. The van der Waals surface area contributed by atoms with Gasteiger partial charge in [0.2, 0.25) is 0 Å². The molecule has 1 heterocycles. The van der Waals surface area contributed by atoms with Crippen molar-refractivity contribution in [1.82, 2.24) is 0 Å². The van der Waals surface area contributed by atoms with Crippen LogP contribution in [0.15, 0.2) is 42.5 Å². The number of benzene rings is 1. The van der Waals surface area contributed by atoms with E-state index >= 15 is 0 Å². The number of ether oxygens (including phenoxy) is 1. The highest BCUT2D eigenvalue weighted by Gasteiger charge is 2.56. The highest BCUT2D eigenvalue weighted by Crippen LogP contribution is 2.57. The van der Waals surface area contributed by atoms with Gasteiger partial charge in [-0.1, -0.05) is 36.1 Å². The monoisotopic (exact) mass is 290 g/mol. The molecule has 2 atom stereocenters. The molecule has 1 aliphatic heterocycles. The molecule has 0 saturated carbocycles. The number of carbonyl (C=O) groups is 2. The summed E-state index contributed by atoms with van der Waals surface area (Å²) in [5.74, 6) is -2.52. The first-order valence-electron chi connectivity index (χ1n) is 5.86. The van der Waals surface area contributed by atoms with Crippen molar-refractivity contribution in [2.24, 2.45) is 0 Å². The topological polar surface area (TPSA) is 83.8 Å². The van der Waals surface area contributed by atoms with E-state index in [1.54, 1.807) is 0 Å². The lowest BCUT2D eigenvalue weighted by Gasteiger charge is -2.17. The summed E-state index contributed by atoms with van der Waals surface area (Å²) in [6.45, 7) is 0. The Morgan fingerprint density at radius 1 is 1.20 bits per heavy atom. The van der Waals surface area contributed by atoms with Crippen molar-refractivity contribution in [1.29, 1.82) is 0 Å². The van der Waals surface area contributed by atoms with Crippen LogP contribution in [0.1, 0.15) is 20.7 Å². The lowest BCUT2D eigenvalue weighted by molar-refractivity contribution is 0.0646. The Balaban J connectivity index is 2.00. The molecule has 2 N–H and O–H groups in total. The number of aromatic carboxylic acids is 2. The predicted octanol–water partition coefficient (Wildman–Crippen LogP) is 2.40. The lowest BCUT2D eigenvalue weighted by Crippen LogP contribution is -2.22. The zero-order valence-electron chi connectivity index (χ0n) is 10.1. The van der Waals surface area contributed by atoms with Crippen LogP contribution in [-0.2, 0) is 0 Å². The maximum absolute atomic E-state index is 11.3. The summed E-state index contributed by atoms with van der Waals surface area (Å²) < 4.78 is 5.78. The second-order valence-corrected chi connectivity index (χ2v) is 5.78. The van der Waals surface area contributed by atoms with E-state index in [-0.39, 0.29) is 22.1 Å². The Morgan fingerprint density at radius 2 is 2.00 bits per heavy atom. The molecule has 1 aliphatic carbocycles. The van der Waals surface area contributed by atoms with Gasteiger partial charge in [-0.15, -0.1) is 0 Å². The quantitative estimate of drug-likeness (QED) is 0.828. The van der Waals surface area contributed by atoms with Crippen LogP contribution in [0.2, 0.25) is 0 Å². The van der Waals surface area contributed by atoms with E-state index in [9.17, 15) is 14.7 Å². The fourth-order valence-electron chi connectivity index (χ4n) is 2.13. The molecule has 5 nitrogen and oxygen atoms in total. The van der Waals surface area contributed by atoms with Crippen molar-refractivity contribution in [2.75, 3.05) is 0 Å². The molecular formula is C14H10O5S. The van der Waals surface area contributed by atoms with Gasteiger partial charge in [0, 0.05) is 0 Å². The van der Waals surface area contributed by atoms with E-state index in [1.807, 2.05) is 24.3 Å². The average molecular weight is 290 g/mol. The number of rotatable bonds is 4. The van der Waals surface area contributed by atoms with Gasteiger partial charge in [0.15, 0.2) is 4.93 Å². The second-order valence-electron chi connectivity index (χ2n) is 4.39. The highest BCUT2D eigenvalue weighted by atomic mass is 32.2. The summed E-state index contributed by atoms with van der Waals surface area (Å²) in [5.41, 5.74) is -0.590. The van der Waals surface area contributed by atoms with Crippen LogP contribution in [0.25, 0.3) is 0 Å². The van der Waals surface area contributed by atoms with E-state index in [2.05, 4.69) is 0 Å². The van der Waals surface area contributed by atoms with Gasteiger partial charge < -0.3 is 14.9 Å². The Morgan fingerprint density at radius 3 is 2.65 bits per heavy atom. The number of hydrogen-bond donors (Lipinski definition) is 2. The van der Waals surface area contributed by atoms with Gasteiger partial charge in [-0.3, -0.25) is 0 Å². The van der Waals surface area contributed by atoms with Crippen LogP contribution in [0.5, 0.6) is 5.75 Å². The normalized spacial score (nSPS) is 25.9. The molecule has 3 rings (SSSR count). The third-order valence-electron chi connectivity index (χ3n) is 3.12. The standard InChI is InChI=1S/C14H10O5S/c15-12(16)8-4-3-5-9(11(8)13(17)18)19-14-7-2-1-6-10(14)20-14/h1-7,10H,(H,15,16)(H,17,18). The van der Waals surface area contributed by atoms with Crippen molar-refractivity contribution in [2.45, 2.75) is 10.2 Å². The molecule has 20 heavy (non-hydrogen) atoms. The lowest BCUT2D eigenvalue weighted by atomic mass is 10.1. The van der Waals surface area contributed by atoms with Crippen LogP contribution >= 0.6 is 11.8 Å². The van der Waals surface area contributed by atoms with Gasteiger partial charge in [-0.25, -0.2) is 9.59 Å². The van der Waals surface area contributed by atoms with E-state index in [1.165, 1.54) is 30.0 Å². The fourth-order valence-corrected chi connectivity index (χ4v) is 3.13. The molecule has 6 heteroatoms. The molecule has 0 radical (unpaired) electrons. The van der Waals surface area contributed by atoms with Gasteiger partial charge in [0.05, 0.1) is 10.8 Å². The van der Waals surface area contributed by atoms with Crippen molar-refractivity contribution < 1.29 is 24.5 Å². The first kappa shape index (κ1) is 12.8. The summed E-state index contributed by atoms with van der Waals surface area (Å²) in [4.78, 5) is 21.8. The van der Waals surface area contributed by atoms with Crippen molar-refractivity contribution >= 4 is 23.7 Å². The third kappa shape index (κ3) is 1.98. The smallest absolute Gasteiger partial charge is 0.340 e. The zero-order chi connectivity index (χ0) is 14.3. The van der Waals surface area contributed by atoms with Crippen molar-refractivity contribution in [3.63, 3.8) is 0 Å². The average Bonchev–Trinajstić information content (AvgIpc) is 3.11. The second kappa shape index (κ2) is 4.42. The highest BCUT2D eigenvalue weighted by molar-refractivity contribution is 8.09. The van der Waals surface area contributed by atoms with E-state index in [4.69, 9.17) is 9.84 Å². The number of hydrogen-bond acceptors (Lipinski definition) is 4. The Labute approximate surface area is 118 Å². The molecular weight excluding hydrogens is 280 g/mol. The number of fused-ring (bicyclic) bond motifs is 1. The Hall–Kier alpha value is -2.21. The molecule has 2 unspecified atom stereocenters. The summed E-state index contributed by atoms with van der Waals surface area (Å²) in [6, 6.07) is 4.21. The molecule has 1 saturated heterocycles. The molecule has 102 valence electrons. The molecule has 0 aromatic heterocycles. The minimum absolute atomic E-state index is 0.0763. The van der Waals surface area contributed by atoms with E-state index < -0.39 is 16.9 Å². The summed E-state index contributed by atoms with van der Waals surface area (Å²) in [6.07, 6.45) is 7.55. The number of thioether (sulfide) groups is 1. The zero-order valence-corrected chi connectivity index (χ0v) is 11.0. The first-order valence-corrected chi connectivity index (χ1v) is 6.74. The summed E-state index contributed by atoms with van der Waals surface area (Å²) in [7, 11) is 0. The minimum Gasteiger partial charge on any atom is -0.478 e. The minimum atomic E-state index is -1.31. The number of carboxylic acids is 2. The first-order chi connectivity index (χ1) is 9.53.